The van der Waals surface area contributed by atoms with Crippen LogP contribution in [0.15, 0.2) is 54.6 Å². The van der Waals surface area contributed by atoms with Gasteiger partial charge in [-0.05, 0) is 29.7 Å². The van der Waals surface area contributed by atoms with Crippen LogP contribution in [-0.2, 0) is 22.6 Å². The first-order valence-electron chi connectivity index (χ1n) is 7.86. The van der Waals surface area contributed by atoms with Gasteiger partial charge in [0.05, 0.1) is 18.8 Å². The fourth-order valence-corrected chi connectivity index (χ4v) is 2.22. The molecule has 2 aromatic rings. The van der Waals surface area contributed by atoms with Crippen LogP contribution in [0, 0.1) is 0 Å². The van der Waals surface area contributed by atoms with Gasteiger partial charge in [0.25, 0.3) is 0 Å². The molecular weight excluding hydrogens is 306 g/mol. The van der Waals surface area contributed by atoms with E-state index in [4.69, 9.17) is 9.84 Å². The van der Waals surface area contributed by atoms with Gasteiger partial charge >= 0.3 is 5.97 Å². The average Bonchev–Trinajstić information content (AvgIpc) is 2.60. The number of rotatable bonds is 9. The normalized spacial score (nSPS) is 10.3. The third-order valence-electron chi connectivity index (χ3n) is 3.49. The Labute approximate surface area is 141 Å². The van der Waals surface area contributed by atoms with Crippen molar-refractivity contribution in [3.63, 3.8) is 0 Å². The highest BCUT2D eigenvalue weighted by atomic mass is 16.5. The molecule has 0 unspecified atom stereocenters. The molecule has 1 amide bonds. The molecule has 0 aromatic heterocycles. The number of amides is 1. The Morgan fingerprint density at radius 1 is 1.00 bits per heavy atom. The van der Waals surface area contributed by atoms with E-state index in [0.29, 0.717) is 32.6 Å². The highest BCUT2D eigenvalue weighted by molar-refractivity contribution is 5.87. The van der Waals surface area contributed by atoms with Gasteiger partial charge in [0.15, 0.2) is 0 Å². The van der Waals surface area contributed by atoms with Crippen LogP contribution in [0.2, 0.25) is 0 Å². The van der Waals surface area contributed by atoms with E-state index in [1.54, 1.807) is 18.2 Å². The van der Waals surface area contributed by atoms with Gasteiger partial charge in [-0.15, -0.1) is 0 Å². The van der Waals surface area contributed by atoms with Gasteiger partial charge in [0.1, 0.15) is 0 Å². The zero-order valence-corrected chi connectivity index (χ0v) is 13.4. The molecule has 2 N–H and O–H groups in total. The van der Waals surface area contributed by atoms with Gasteiger partial charge in [0, 0.05) is 13.0 Å². The minimum Gasteiger partial charge on any atom is -0.478 e. The van der Waals surface area contributed by atoms with Crippen LogP contribution in [0.25, 0.3) is 0 Å². The fourth-order valence-electron chi connectivity index (χ4n) is 2.22. The molecule has 0 spiro atoms. The van der Waals surface area contributed by atoms with Crippen molar-refractivity contribution in [2.75, 3.05) is 13.2 Å². The molecule has 2 rings (SSSR count). The molecule has 0 aliphatic rings. The van der Waals surface area contributed by atoms with Crippen molar-refractivity contribution in [1.82, 2.24) is 5.32 Å². The van der Waals surface area contributed by atoms with E-state index in [-0.39, 0.29) is 11.5 Å². The van der Waals surface area contributed by atoms with E-state index >= 15 is 0 Å². The number of nitrogens with one attached hydrogen (secondary N) is 1. The Morgan fingerprint density at radius 3 is 2.50 bits per heavy atom. The number of hydrogen-bond donors (Lipinski definition) is 2. The highest BCUT2D eigenvalue weighted by Gasteiger charge is 2.04. The zero-order chi connectivity index (χ0) is 17.2. The molecule has 0 aliphatic heterocycles. The number of benzene rings is 2. The first-order valence-corrected chi connectivity index (χ1v) is 7.86. The molecular formula is C19H21NO4. The minimum absolute atomic E-state index is 0.0718. The second kappa shape index (κ2) is 9.47. The number of carbonyl (C=O) groups excluding carboxylic acids is 1. The fraction of sp³-hybridized carbons (Fsp3) is 0.263. The number of carboxylic acid groups (broad SMARTS) is 1. The molecule has 0 fully saturated rings. The molecule has 126 valence electrons. The van der Waals surface area contributed by atoms with Crippen LogP contribution in [0.3, 0.4) is 0 Å². The summed E-state index contributed by atoms with van der Waals surface area (Å²) < 4.78 is 5.47. The van der Waals surface area contributed by atoms with Crippen molar-refractivity contribution in [3.8, 4) is 0 Å². The van der Waals surface area contributed by atoms with Crippen molar-refractivity contribution in [2.24, 2.45) is 0 Å². The van der Waals surface area contributed by atoms with Crippen molar-refractivity contribution in [1.29, 1.82) is 0 Å². The molecule has 24 heavy (non-hydrogen) atoms. The lowest BCUT2D eigenvalue weighted by Crippen LogP contribution is -2.26. The Bertz CT molecular complexity index is 670. The summed E-state index contributed by atoms with van der Waals surface area (Å²) in [5, 5.41) is 11.8. The molecule has 0 bridgehead atoms. The molecule has 0 saturated carbocycles. The third kappa shape index (κ3) is 6.22. The number of carboxylic acids is 1. The van der Waals surface area contributed by atoms with Gasteiger partial charge in [-0.1, -0.05) is 42.5 Å². The lowest BCUT2D eigenvalue weighted by molar-refractivity contribution is -0.122. The van der Waals surface area contributed by atoms with Gasteiger partial charge in [-0.3, -0.25) is 4.79 Å². The number of ether oxygens (including phenoxy) is 1. The van der Waals surface area contributed by atoms with Crippen LogP contribution >= 0.6 is 0 Å². The molecule has 0 saturated heterocycles. The third-order valence-corrected chi connectivity index (χ3v) is 3.49. The zero-order valence-electron chi connectivity index (χ0n) is 13.4. The molecule has 5 nitrogen and oxygen atoms in total. The lowest BCUT2D eigenvalue weighted by atomic mass is 10.1. The number of hydrogen-bond acceptors (Lipinski definition) is 3. The molecule has 0 heterocycles. The van der Waals surface area contributed by atoms with Gasteiger partial charge in [0.2, 0.25) is 5.91 Å². The summed E-state index contributed by atoms with van der Waals surface area (Å²) >= 11 is 0. The topological polar surface area (TPSA) is 75.6 Å². The summed E-state index contributed by atoms with van der Waals surface area (Å²) in [6, 6.07) is 16.5. The predicted molar refractivity (Wildman–Crippen MR) is 90.8 cm³/mol. The van der Waals surface area contributed by atoms with Crippen LogP contribution in [0.5, 0.6) is 0 Å². The van der Waals surface area contributed by atoms with E-state index in [9.17, 15) is 9.59 Å². The standard InChI is InChI=1S/C19H21NO4/c21-18(10-12-24-14-16-5-2-1-3-6-16)20-11-9-15-7-4-8-17(13-15)19(22)23/h1-8,13H,9-12,14H2,(H,20,21)(H,22,23). The van der Waals surface area contributed by atoms with Gasteiger partial charge < -0.3 is 15.2 Å². The molecule has 0 aliphatic carbocycles. The molecule has 0 atom stereocenters. The molecule has 0 radical (unpaired) electrons. The summed E-state index contributed by atoms with van der Waals surface area (Å²) in [5.41, 5.74) is 2.22. The Balaban J connectivity index is 1.61. The summed E-state index contributed by atoms with van der Waals surface area (Å²) in [6.45, 7) is 1.34. The summed E-state index contributed by atoms with van der Waals surface area (Å²) in [6.07, 6.45) is 0.903. The first kappa shape index (κ1) is 17.7. The lowest BCUT2D eigenvalue weighted by Gasteiger charge is -2.07. The first-order chi connectivity index (χ1) is 11.6. The summed E-state index contributed by atoms with van der Waals surface area (Å²) in [5.74, 6) is -1.02. The summed E-state index contributed by atoms with van der Waals surface area (Å²) in [4.78, 5) is 22.6. The van der Waals surface area contributed by atoms with Gasteiger partial charge in [-0.2, -0.15) is 0 Å². The quantitative estimate of drug-likeness (QED) is 0.694. The van der Waals surface area contributed by atoms with Crippen LogP contribution in [0.1, 0.15) is 27.9 Å². The Hall–Kier alpha value is -2.66. The van der Waals surface area contributed by atoms with E-state index in [1.165, 1.54) is 0 Å². The molecule has 5 heteroatoms. The smallest absolute Gasteiger partial charge is 0.335 e. The van der Waals surface area contributed by atoms with Gasteiger partial charge in [-0.25, -0.2) is 4.79 Å². The van der Waals surface area contributed by atoms with Crippen LogP contribution < -0.4 is 5.32 Å². The largest absolute Gasteiger partial charge is 0.478 e. The van der Waals surface area contributed by atoms with Crippen molar-refractivity contribution < 1.29 is 19.4 Å². The van der Waals surface area contributed by atoms with E-state index < -0.39 is 5.97 Å². The number of carbonyl (C=O) groups is 2. The second-order valence-corrected chi connectivity index (χ2v) is 5.39. The Morgan fingerprint density at radius 2 is 1.75 bits per heavy atom. The Kier molecular flexibility index (Phi) is 6.98. The highest BCUT2D eigenvalue weighted by Crippen LogP contribution is 2.06. The summed E-state index contributed by atoms with van der Waals surface area (Å²) in [7, 11) is 0. The maximum absolute atomic E-state index is 11.7. The van der Waals surface area contributed by atoms with Crippen molar-refractivity contribution in [2.45, 2.75) is 19.4 Å². The minimum atomic E-state index is -0.948. The maximum atomic E-state index is 11.7. The van der Waals surface area contributed by atoms with E-state index in [1.807, 2.05) is 36.4 Å². The predicted octanol–water partition coefficient (Wildman–Crippen LogP) is 2.65. The average molecular weight is 327 g/mol. The van der Waals surface area contributed by atoms with E-state index in [2.05, 4.69) is 5.32 Å². The SMILES string of the molecule is O=C(CCOCc1ccccc1)NCCc1cccc(C(=O)O)c1. The molecule has 2 aromatic carbocycles. The van der Waals surface area contributed by atoms with Crippen molar-refractivity contribution >= 4 is 11.9 Å². The monoisotopic (exact) mass is 327 g/mol. The van der Waals surface area contributed by atoms with Crippen molar-refractivity contribution in [3.05, 3.63) is 71.3 Å². The number of aromatic carboxylic acids is 1. The van der Waals surface area contributed by atoms with E-state index in [0.717, 1.165) is 11.1 Å². The maximum Gasteiger partial charge on any atom is 0.335 e. The van der Waals surface area contributed by atoms with Crippen LogP contribution in [0.4, 0.5) is 0 Å². The second-order valence-electron chi connectivity index (χ2n) is 5.39. The van der Waals surface area contributed by atoms with Crippen LogP contribution in [-0.4, -0.2) is 30.1 Å².